The second-order valence-electron chi connectivity index (χ2n) is 8.82. The number of ether oxygens (including phenoxy) is 2. The highest BCUT2D eigenvalue weighted by atomic mass is 35.5. The van der Waals surface area contributed by atoms with Crippen molar-refractivity contribution >= 4 is 40.8 Å². The smallest absolute Gasteiger partial charge is 0.322 e. The molecular weight excluding hydrogens is 457 g/mol. The molecule has 3 N–H and O–H groups in total. The Balaban J connectivity index is 1.40. The Kier molecular flexibility index (Phi) is 7.78. The van der Waals surface area contributed by atoms with E-state index in [0.29, 0.717) is 40.9 Å². The van der Waals surface area contributed by atoms with Crippen molar-refractivity contribution in [2.45, 2.75) is 56.5 Å². The number of nitrogens with one attached hydrogen (secondary N) is 2. The quantitative estimate of drug-likeness (QED) is 0.594. The number of hydrogen-bond acceptors (Lipinski definition) is 5. The van der Waals surface area contributed by atoms with Crippen LogP contribution in [0.15, 0.2) is 18.2 Å². The van der Waals surface area contributed by atoms with Crippen LogP contribution in [0.5, 0.6) is 0 Å². The molecule has 2 aliphatic heterocycles. The number of urea groups is 1. The lowest BCUT2D eigenvalue weighted by Crippen LogP contribution is -2.58. The molecule has 1 aromatic carbocycles. The van der Waals surface area contributed by atoms with Crippen molar-refractivity contribution in [3.05, 3.63) is 28.2 Å². The number of halogens is 2. The van der Waals surface area contributed by atoms with Gasteiger partial charge >= 0.3 is 6.03 Å². The van der Waals surface area contributed by atoms with Gasteiger partial charge in [0.2, 0.25) is 5.91 Å². The minimum absolute atomic E-state index is 0.00466. The van der Waals surface area contributed by atoms with Gasteiger partial charge in [0, 0.05) is 22.3 Å². The minimum atomic E-state index is -0.810. The first-order valence-electron chi connectivity index (χ1n) is 11.1. The fourth-order valence-electron chi connectivity index (χ4n) is 4.25. The van der Waals surface area contributed by atoms with E-state index in [0.717, 1.165) is 6.54 Å². The third-order valence-corrected chi connectivity index (χ3v) is 6.49. The number of nitrogens with zero attached hydrogens (tertiary/aromatic N) is 1. The third kappa shape index (κ3) is 6.48. The van der Waals surface area contributed by atoms with Gasteiger partial charge in [-0.15, -0.1) is 0 Å². The zero-order valence-corrected chi connectivity index (χ0v) is 19.3. The Bertz CT molecular complexity index is 818. The minimum Gasteiger partial charge on any atom is -0.389 e. The average Bonchev–Trinajstić information content (AvgIpc) is 3.53. The zero-order valence-electron chi connectivity index (χ0n) is 17.8. The molecule has 0 bridgehead atoms. The summed E-state index contributed by atoms with van der Waals surface area (Å²) in [5, 5.41) is 16.9. The van der Waals surface area contributed by atoms with Gasteiger partial charge in [0.15, 0.2) is 0 Å². The zero-order chi connectivity index (χ0) is 22.7. The molecule has 1 aliphatic carbocycles. The summed E-state index contributed by atoms with van der Waals surface area (Å²) in [6.45, 7) is 1.19. The molecule has 32 heavy (non-hydrogen) atoms. The number of anilines is 1. The number of β-amino-alcohol motifs (C(OH)–C–C–N with tert-alkyl or cyclic N) is 1. The van der Waals surface area contributed by atoms with Crippen LogP contribution in [0.1, 0.15) is 32.1 Å². The first kappa shape index (κ1) is 23.6. The summed E-state index contributed by atoms with van der Waals surface area (Å²) in [6, 6.07) is 4.15. The number of rotatable bonds is 5. The van der Waals surface area contributed by atoms with E-state index < -0.39 is 6.10 Å². The van der Waals surface area contributed by atoms with E-state index in [-0.39, 0.29) is 49.9 Å². The summed E-state index contributed by atoms with van der Waals surface area (Å²) in [6.07, 6.45) is 2.54. The van der Waals surface area contributed by atoms with Crippen molar-refractivity contribution in [2.75, 3.05) is 31.6 Å². The Hall–Kier alpha value is -1.58. The van der Waals surface area contributed by atoms with Gasteiger partial charge in [0.05, 0.1) is 44.4 Å². The molecule has 0 spiro atoms. The molecule has 0 radical (unpaired) electrons. The number of aliphatic hydroxyl groups excluding tert-OH is 1. The van der Waals surface area contributed by atoms with Crippen LogP contribution in [0.3, 0.4) is 0 Å². The fourth-order valence-corrected chi connectivity index (χ4v) is 4.78. The second kappa shape index (κ2) is 10.6. The van der Waals surface area contributed by atoms with Gasteiger partial charge in [-0.3, -0.25) is 4.79 Å². The topological polar surface area (TPSA) is 100 Å². The number of hydrogen-bond donors (Lipinski definition) is 3. The van der Waals surface area contributed by atoms with E-state index in [2.05, 4.69) is 10.6 Å². The molecule has 10 heteroatoms. The normalized spacial score (nSPS) is 28.3. The molecule has 0 unspecified atom stereocenters. The maximum atomic E-state index is 13.1. The Morgan fingerprint density at radius 2 is 1.84 bits per heavy atom. The molecule has 4 atom stereocenters. The van der Waals surface area contributed by atoms with E-state index in [1.54, 1.807) is 23.1 Å². The van der Waals surface area contributed by atoms with Crippen molar-refractivity contribution in [2.24, 2.45) is 5.92 Å². The van der Waals surface area contributed by atoms with E-state index >= 15 is 0 Å². The first-order chi connectivity index (χ1) is 15.4. The van der Waals surface area contributed by atoms with Crippen molar-refractivity contribution in [3.63, 3.8) is 0 Å². The maximum absolute atomic E-state index is 13.1. The lowest BCUT2D eigenvalue weighted by molar-refractivity contribution is -0.149. The number of fused-ring (bicyclic) bond motifs is 1. The van der Waals surface area contributed by atoms with Gasteiger partial charge in [-0.1, -0.05) is 23.2 Å². The summed E-state index contributed by atoms with van der Waals surface area (Å²) < 4.78 is 11.8. The molecule has 2 heterocycles. The van der Waals surface area contributed by atoms with Crippen molar-refractivity contribution in [1.82, 2.24) is 10.2 Å². The lowest BCUT2D eigenvalue weighted by atomic mass is 9.95. The number of carbonyl (C=O) groups excluding carboxylic acids is 2. The predicted octanol–water partition coefficient (Wildman–Crippen LogP) is 3.05. The maximum Gasteiger partial charge on any atom is 0.322 e. The first-order valence-corrected chi connectivity index (χ1v) is 11.8. The summed E-state index contributed by atoms with van der Waals surface area (Å²) in [7, 11) is 0. The third-order valence-electron chi connectivity index (χ3n) is 6.05. The largest absolute Gasteiger partial charge is 0.389 e. The van der Waals surface area contributed by atoms with Crippen molar-refractivity contribution in [3.8, 4) is 0 Å². The Morgan fingerprint density at radius 3 is 2.56 bits per heavy atom. The molecular formula is C22H29Cl2N3O5. The van der Waals surface area contributed by atoms with Gasteiger partial charge in [0.25, 0.3) is 0 Å². The van der Waals surface area contributed by atoms with Gasteiger partial charge in [-0.2, -0.15) is 0 Å². The van der Waals surface area contributed by atoms with Crippen LogP contribution in [0.25, 0.3) is 0 Å². The molecule has 176 valence electrons. The van der Waals surface area contributed by atoms with Crippen LogP contribution in [-0.4, -0.2) is 72.6 Å². The highest BCUT2D eigenvalue weighted by Gasteiger charge is 2.40. The molecule has 8 nitrogen and oxygen atoms in total. The van der Waals surface area contributed by atoms with Gasteiger partial charge in [0.1, 0.15) is 6.10 Å². The van der Waals surface area contributed by atoms with Crippen molar-refractivity contribution < 1.29 is 24.2 Å². The Labute approximate surface area is 197 Å². The second-order valence-corrected chi connectivity index (χ2v) is 9.70. The standard InChI is InChI=1S/C22H29Cl2N3O5/c23-14-5-15(24)7-16(6-14)26-22(30)27-10-17(28)11-31-12-20-19(27)4-3-18(32-20)8-21(29)25-9-13-1-2-13/h5-7,13,17-20,28H,1-4,8-12H2,(H,25,29)(H,26,30)/t17-,18+,19-,20+/m1/s1. The van der Waals surface area contributed by atoms with Gasteiger partial charge in [-0.25, -0.2) is 4.79 Å². The van der Waals surface area contributed by atoms with Gasteiger partial charge < -0.3 is 30.1 Å². The van der Waals surface area contributed by atoms with Gasteiger partial charge in [-0.05, 0) is 49.8 Å². The van der Waals surface area contributed by atoms with Crippen LogP contribution in [0.4, 0.5) is 10.5 Å². The highest BCUT2D eigenvalue weighted by molar-refractivity contribution is 6.35. The summed E-state index contributed by atoms with van der Waals surface area (Å²) in [4.78, 5) is 27.0. The fraction of sp³-hybridized carbons (Fsp3) is 0.636. The number of aliphatic hydroxyl groups is 1. The van der Waals surface area contributed by atoms with Crippen LogP contribution in [0.2, 0.25) is 10.0 Å². The van der Waals surface area contributed by atoms with Crippen LogP contribution in [-0.2, 0) is 14.3 Å². The van der Waals surface area contributed by atoms with E-state index in [9.17, 15) is 14.7 Å². The van der Waals surface area contributed by atoms with Crippen molar-refractivity contribution in [1.29, 1.82) is 0 Å². The molecule has 0 aromatic heterocycles. The van der Waals surface area contributed by atoms with E-state index in [4.69, 9.17) is 32.7 Å². The predicted molar refractivity (Wildman–Crippen MR) is 121 cm³/mol. The van der Waals surface area contributed by atoms with E-state index in [1.807, 2.05) is 0 Å². The molecule has 3 aliphatic rings. The molecule has 1 aromatic rings. The number of benzene rings is 1. The highest BCUT2D eigenvalue weighted by Crippen LogP contribution is 2.30. The molecule has 4 rings (SSSR count). The molecule has 1 saturated carbocycles. The number of carbonyl (C=O) groups is 2. The van der Waals surface area contributed by atoms with Crippen LogP contribution in [0, 0.1) is 5.92 Å². The van der Waals surface area contributed by atoms with Crippen LogP contribution >= 0.6 is 23.2 Å². The number of amides is 3. The molecule has 3 amide bonds. The molecule has 2 saturated heterocycles. The SMILES string of the molecule is O=C(C[C@@H]1CC[C@@H]2[C@H](COC[C@H](O)CN2C(=O)Nc2cc(Cl)cc(Cl)c2)O1)NCC1CC1. The van der Waals surface area contributed by atoms with Crippen LogP contribution < -0.4 is 10.6 Å². The summed E-state index contributed by atoms with van der Waals surface area (Å²) >= 11 is 12.1. The van der Waals surface area contributed by atoms with E-state index in [1.165, 1.54) is 12.8 Å². The lowest BCUT2D eigenvalue weighted by Gasteiger charge is -2.44. The summed E-state index contributed by atoms with van der Waals surface area (Å²) in [5.74, 6) is 0.623. The molecule has 3 fully saturated rings. The monoisotopic (exact) mass is 485 g/mol. The summed E-state index contributed by atoms with van der Waals surface area (Å²) in [5.41, 5.74) is 0.471. The Morgan fingerprint density at radius 1 is 1.09 bits per heavy atom. The average molecular weight is 486 g/mol.